The Morgan fingerprint density at radius 1 is 1.10 bits per heavy atom. The summed E-state index contributed by atoms with van der Waals surface area (Å²) in [6.45, 7) is 4.34. The number of carbonyl (C=O) groups is 1. The molecular weight excluding hydrogens is 544 g/mol. The SMILES string of the molecule is Cc1cn(CCCC2Cc3cc(Cl)ccc3C(C3CCN(C(=O)Nc4ccc(C#N)cc4)CC3)c3ncccc32)cn1. The zero-order valence-electron chi connectivity index (χ0n) is 23.8. The second kappa shape index (κ2) is 12.4. The molecule has 42 heavy (non-hydrogen) atoms. The minimum absolute atomic E-state index is 0.0992. The van der Waals surface area contributed by atoms with Crippen LogP contribution in [0.5, 0.6) is 0 Å². The largest absolute Gasteiger partial charge is 0.337 e. The van der Waals surface area contributed by atoms with Gasteiger partial charge in [0.1, 0.15) is 0 Å². The number of aromatic nitrogens is 3. The van der Waals surface area contributed by atoms with Gasteiger partial charge in [-0.2, -0.15) is 5.26 Å². The van der Waals surface area contributed by atoms with Gasteiger partial charge in [0, 0.05) is 48.7 Å². The van der Waals surface area contributed by atoms with Crippen molar-refractivity contribution in [2.24, 2.45) is 5.92 Å². The highest BCUT2D eigenvalue weighted by molar-refractivity contribution is 6.30. The molecule has 4 aromatic rings. The second-order valence-electron chi connectivity index (χ2n) is 11.5. The van der Waals surface area contributed by atoms with E-state index < -0.39 is 0 Å². The number of nitriles is 1. The van der Waals surface area contributed by atoms with Crippen LogP contribution in [-0.2, 0) is 13.0 Å². The highest BCUT2D eigenvalue weighted by atomic mass is 35.5. The highest BCUT2D eigenvalue weighted by Gasteiger charge is 2.37. The summed E-state index contributed by atoms with van der Waals surface area (Å²) in [5.41, 5.74) is 7.48. The van der Waals surface area contributed by atoms with Gasteiger partial charge >= 0.3 is 6.03 Å². The number of nitrogens with zero attached hydrogens (tertiary/aromatic N) is 5. The van der Waals surface area contributed by atoms with Crippen molar-refractivity contribution < 1.29 is 4.79 Å². The van der Waals surface area contributed by atoms with Crippen molar-refractivity contribution in [1.29, 1.82) is 5.26 Å². The van der Waals surface area contributed by atoms with Crippen molar-refractivity contribution >= 4 is 23.3 Å². The predicted molar refractivity (Wildman–Crippen MR) is 165 cm³/mol. The van der Waals surface area contributed by atoms with Crippen molar-refractivity contribution in [1.82, 2.24) is 19.4 Å². The molecule has 2 atom stereocenters. The van der Waals surface area contributed by atoms with Gasteiger partial charge in [0.25, 0.3) is 0 Å². The molecule has 0 spiro atoms. The van der Waals surface area contributed by atoms with E-state index in [1.54, 1.807) is 24.3 Å². The van der Waals surface area contributed by atoms with Gasteiger partial charge in [-0.05, 0) is 110 Å². The standard InChI is InChI=1S/C34H35ClN6O/c1-23-21-40(22-38-23)15-3-4-26-18-27-19-28(35)8-11-30(27)32(33-31(26)5-2-14-37-33)25-12-16-41(17-13-25)34(42)39-29-9-6-24(20-36)7-10-29/h2,5-11,14,19,21-22,25-26,32H,3-4,12-13,15-18H2,1H3,(H,39,42). The fraction of sp³-hybridized carbons (Fsp3) is 0.353. The van der Waals surface area contributed by atoms with E-state index in [0.29, 0.717) is 36.2 Å². The lowest BCUT2D eigenvalue weighted by molar-refractivity contribution is 0.177. The molecule has 2 amide bonds. The average molecular weight is 579 g/mol. The number of amides is 2. The van der Waals surface area contributed by atoms with E-state index in [0.717, 1.165) is 49.4 Å². The van der Waals surface area contributed by atoms with E-state index in [1.807, 2.05) is 30.4 Å². The van der Waals surface area contributed by atoms with Crippen LogP contribution in [0, 0.1) is 24.2 Å². The summed E-state index contributed by atoms with van der Waals surface area (Å²) in [6, 6.07) is 19.7. The summed E-state index contributed by atoms with van der Waals surface area (Å²) < 4.78 is 2.18. The first kappa shape index (κ1) is 28.0. The minimum atomic E-state index is -0.0992. The second-order valence-corrected chi connectivity index (χ2v) is 12.0. The molecule has 1 N–H and O–H groups in total. The number of hydrogen-bond acceptors (Lipinski definition) is 4. The van der Waals surface area contributed by atoms with Crippen molar-refractivity contribution in [2.75, 3.05) is 18.4 Å². The molecule has 0 radical (unpaired) electrons. The quantitative estimate of drug-likeness (QED) is 0.260. The third kappa shape index (κ3) is 6.05. The van der Waals surface area contributed by atoms with Crippen LogP contribution in [0.2, 0.25) is 5.02 Å². The number of imidazole rings is 1. The van der Waals surface area contributed by atoms with E-state index in [1.165, 1.54) is 22.4 Å². The molecule has 3 heterocycles. The van der Waals surface area contributed by atoms with E-state index in [2.05, 4.69) is 51.4 Å². The topological polar surface area (TPSA) is 86.8 Å². The number of carbonyl (C=O) groups excluding carboxylic acids is 1. The first-order valence-corrected chi connectivity index (χ1v) is 15.1. The number of aryl methyl sites for hydroxylation is 2. The lowest BCUT2D eigenvalue weighted by Crippen LogP contribution is -2.42. The maximum absolute atomic E-state index is 13.1. The number of halogens is 1. The van der Waals surface area contributed by atoms with Gasteiger partial charge in [0.15, 0.2) is 0 Å². The third-order valence-corrected chi connectivity index (χ3v) is 9.04. The van der Waals surface area contributed by atoms with Crippen LogP contribution in [-0.4, -0.2) is 38.6 Å². The van der Waals surface area contributed by atoms with Crippen LogP contribution in [0.15, 0.2) is 73.3 Å². The molecule has 0 bridgehead atoms. The van der Waals surface area contributed by atoms with E-state index >= 15 is 0 Å². The Morgan fingerprint density at radius 3 is 2.64 bits per heavy atom. The van der Waals surface area contributed by atoms with E-state index in [9.17, 15) is 4.79 Å². The summed E-state index contributed by atoms with van der Waals surface area (Å²) in [5, 5.41) is 12.8. The molecule has 2 unspecified atom stereocenters. The minimum Gasteiger partial charge on any atom is -0.337 e. The van der Waals surface area contributed by atoms with Crippen LogP contribution in [0.1, 0.15) is 71.2 Å². The number of benzene rings is 2. The van der Waals surface area contributed by atoms with Crippen molar-refractivity contribution in [3.63, 3.8) is 0 Å². The summed E-state index contributed by atoms with van der Waals surface area (Å²) in [7, 11) is 0. The Bertz CT molecular complexity index is 1600. The molecule has 6 rings (SSSR count). The maximum atomic E-state index is 13.1. The first-order chi connectivity index (χ1) is 20.5. The number of anilines is 1. The molecule has 1 aliphatic heterocycles. The van der Waals surface area contributed by atoms with E-state index in [4.69, 9.17) is 21.8 Å². The molecular formula is C34H35ClN6O. The Balaban J connectivity index is 1.21. The predicted octanol–water partition coefficient (Wildman–Crippen LogP) is 7.31. The zero-order chi connectivity index (χ0) is 29.1. The maximum Gasteiger partial charge on any atom is 0.321 e. The monoisotopic (exact) mass is 578 g/mol. The van der Waals surface area contributed by atoms with Gasteiger partial charge in [-0.15, -0.1) is 0 Å². The number of hydrogen-bond donors (Lipinski definition) is 1. The highest BCUT2D eigenvalue weighted by Crippen LogP contribution is 2.46. The molecule has 1 fully saturated rings. The lowest BCUT2D eigenvalue weighted by Gasteiger charge is -2.36. The van der Waals surface area contributed by atoms with Crippen molar-refractivity contribution in [3.8, 4) is 6.07 Å². The third-order valence-electron chi connectivity index (χ3n) is 8.81. The summed E-state index contributed by atoms with van der Waals surface area (Å²) >= 11 is 6.55. The summed E-state index contributed by atoms with van der Waals surface area (Å²) in [5.74, 6) is 0.891. The number of urea groups is 1. The Kier molecular flexibility index (Phi) is 8.25. The number of pyridine rings is 1. The average Bonchev–Trinajstić information content (AvgIpc) is 3.37. The van der Waals surface area contributed by atoms with Gasteiger partial charge in [0.2, 0.25) is 0 Å². The van der Waals surface area contributed by atoms with E-state index in [-0.39, 0.29) is 11.9 Å². The van der Waals surface area contributed by atoms with Crippen LogP contribution in [0.25, 0.3) is 0 Å². The lowest BCUT2D eigenvalue weighted by atomic mass is 9.76. The number of rotatable bonds is 6. The zero-order valence-corrected chi connectivity index (χ0v) is 24.6. The van der Waals surface area contributed by atoms with Crippen LogP contribution >= 0.6 is 11.6 Å². The Hall–Kier alpha value is -4.15. The van der Waals surface area contributed by atoms with Gasteiger partial charge in [-0.25, -0.2) is 9.78 Å². The van der Waals surface area contributed by atoms with Gasteiger partial charge in [0.05, 0.1) is 29.3 Å². The van der Waals surface area contributed by atoms with Gasteiger partial charge < -0.3 is 14.8 Å². The number of nitrogens with one attached hydrogen (secondary N) is 1. The molecule has 2 aromatic carbocycles. The molecule has 214 valence electrons. The molecule has 1 saturated heterocycles. The fourth-order valence-corrected chi connectivity index (χ4v) is 6.92. The molecule has 7 nitrogen and oxygen atoms in total. The summed E-state index contributed by atoms with van der Waals surface area (Å²) in [6.07, 6.45) is 10.8. The fourth-order valence-electron chi connectivity index (χ4n) is 6.73. The molecule has 0 saturated carbocycles. The summed E-state index contributed by atoms with van der Waals surface area (Å²) in [4.78, 5) is 24.4. The van der Waals surface area contributed by atoms with Crippen LogP contribution < -0.4 is 5.32 Å². The van der Waals surface area contributed by atoms with Crippen LogP contribution in [0.3, 0.4) is 0 Å². The Labute approximate surface area is 252 Å². The van der Waals surface area contributed by atoms with Crippen molar-refractivity contribution in [3.05, 3.63) is 112 Å². The number of fused-ring (bicyclic) bond motifs is 2. The molecule has 2 aliphatic rings. The van der Waals surface area contributed by atoms with Crippen LogP contribution in [0.4, 0.5) is 10.5 Å². The smallest absolute Gasteiger partial charge is 0.321 e. The van der Waals surface area contributed by atoms with Gasteiger partial charge in [-0.1, -0.05) is 23.7 Å². The normalized spacial score (nSPS) is 18.5. The molecule has 2 aromatic heterocycles. The number of likely N-dealkylation sites (tertiary alicyclic amines) is 1. The number of piperidine rings is 1. The molecule has 1 aliphatic carbocycles. The van der Waals surface area contributed by atoms with Gasteiger partial charge in [-0.3, -0.25) is 4.98 Å². The Morgan fingerprint density at radius 2 is 1.90 bits per heavy atom. The molecule has 8 heteroatoms. The first-order valence-electron chi connectivity index (χ1n) is 14.8. The van der Waals surface area contributed by atoms with Crippen molar-refractivity contribution in [2.45, 2.75) is 57.4 Å².